The molecule has 0 saturated heterocycles. The van der Waals surface area contributed by atoms with E-state index >= 15 is 0 Å². The SMILES string of the molecule is Cn1nc(N)c2cccc(C(F)(F)F)c21. The monoisotopic (exact) mass is 215 g/mol. The first-order valence-corrected chi connectivity index (χ1v) is 4.19. The minimum Gasteiger partial charge on any atom is -0.382 e. The van der Waals surface area contributed by atoms with Crippen LogP contribution >= 0.6 is 0 Å². The summed E-state index contributed by atoms with van der Waals surface area (Å²) in [7, 11) is 1.44. The number of nitrogens with two attached hydrogens (primary N) is 1. The normalized spacial score (nSPS) is 12.3. The molecule has 0 aliphatic carbocycles. The molecular weight excluding hydrogens is 207 g/mol. The molecule has 0 aliphatic heterocycles. The van der Waals surface area contributed by atoms with Gasteiger partial charge in [-0.1, -0.05) is 6.07 Å². The van der Waals surface area contributed by atoms with Crippen molar-refractivity contribution in [3.63, 3.8) is 0 Å². The number of aryl methyl sites for hydroxylation is 1. The third-order valence-electron chi connectivity index (χ3n) is 2.20. The van der Waals surface area contributed by atoms with Crippen LogP contribution < -0.4 is 5.73 Å². The standard InChI is InChI=1S/C9H8F3N3/c1-15-7-5(8(13)14-15)3-2-4-6(7)9(10,11)12/h2-4H,1H3,(H2,13,14). The van der Waals surface area contributed by atoms with Crippen LogP contribution in [-0.4, -0.2) is 9.78 Å². The lowest BCUT2D eigenvalue weighted by Gasteiger charge is -2.08. The van der Waals surface area contributed by atoms with Crippen LogP contribution in [0.1, 0.15) is 5.56 Å². The third-order valence-corrected chi connectivity index (χ3v) is 2.20. The highest BCUT2D eigenvalue weighted by Gasteiger charge is 2.34. The van der Waals surface area contributed by atoms with Crippen molar-refractivity contribution in [3.8, 4) is 0 Å². The van der Waals surface area contributed by atoms with E-state index in [4.69, 9.17) is 5.73 Å². The number of benzene rings is 1. The number of halogens is 3. The summed E-state index contributed by atoms with van der Waals surface area (Å²) < 4.78 is 39.0. The molecule has 0 saturated carbocycles. The quantitative estimate of drug-likeness (QED) is 0.731. The van der Waals surface area contributed by atoms with Gasteiger partial charge < -0.3 is 5.73 Å². The topological polar surface area (TPSA) is 43.8 Å². The maximum atomic E-state index is 12.6. The molecule has 0 bridgehead atoms. The molecule has 2 N–H and O–H groups in total. The zero-order valence-electron chi connectivity index (χ0n) is 7.84. The summed E-state index contributed by atoms with van der Waals surface area (Å²) in [6, 6.07) is 3.86. The van der Waals surface area contributed by atoms with Gasteiger partial charge in [-0.2, -0.15) is 18.3 Å². The fourth-order valence-electron chi connectivity index (χ4n) is 1.59. The van der Waals surface area contributed by atoms with Gasteiger partial charge in [0.1, 0.15) is 0 Å². The Bertz CT molecular complexity index is 513. The number of nitrogens with zero attached hydrogens (tertiary/aromatic N) is 2. The maximum Gasteiger partial charge on any atom is 0.418 e. The molecule has 3 nitrogen and oxygen atoms in total. The lowest BCUT2D eigenvalue weighted by molar-refractivity contribution is -0.136. The number of fused-ring (bicyclic) bond motifs is 1. The van der Waals surface area contributed by atoms with Crippen LogP contribution in [0.25, 0.3) is 10.9 Å². The van der Waals surface area contributed by atoms with Gasteiger partial charge in [-0.25, -0.2) is 0 Å². The first-order chi connectivity index (χ1) is 6.91. The molecule has 80 valence electrons. The van der Waals surface area contributed by atoms with Gasteiger partial charge in [0, 0.05) is 12.4 Å². The van der Waals surface area contributed by atoms with Gasteiger partial charge in [0.15, 0.2) is 5.82 Å². The molecule has 0 unspecified atom stereocenters. The average Bonchev–Trinajstić information content (AvgIpc) is 2.41. The second-order valence-corrected chi connectivity index (χ2v) is 3.21. The van der Waals surface area contributed by atoms with E-state index in [0.717, 1.165) is 10.7 Å². The van der Waals surface area contributed by atoms with Gasteiger partial charge in [0.2, 0.25) is 0 Å². The Morgan fingerprint density at radius 3 is 2.60 bits per heavy atom. The highest BCUT2D eigenvalue weighted by molar-refractivity contribution is 5.91. The summed E-state index contributed by atoms with van der Waals surface area (Å²) in [6.45, 7) is 0. The minimum absolute atomic E-state index is 0.0162. The molecule has 2 aromatic rings. The summed E-state index contributed by atoms with van der Waals surface area (Å²) in [5.74, 6) is 0.110. The predicted octanol–water partition coefficient (Wildman–Crippen LogP) is 2.17. The third kappa shape index (κ3) is 1.42. The summed E-state index contributed by atoms with van der Waals surface area (Å²) in [6.07, 6.45) is -4.39. The Balaban J connectivity index is 2.87. The minimum atomic E-state index is -4.39. The predicted molar refractivity (Wildman–Crippen MR) is 50.1 cm³/mol. The van der Waals surface area contributed by atoms with Gasteiger partial charge >= 0.3 is 6.18 Å². The van der Waals surface area contributed by atoms with E-state index in [1.807, 2.05) is 0 Å². The van der Waals surface area contributed by atoms with E-state index in [-0.39, 0.29) is 11.3 Å². The Labute approximate surface area is 83.3 Å². The van der Waals surface area contributed by atoms with Crippen LogP contribution in [0, 0.1) is 0 Å². The number of anilines is 1. The number of alkyl halides is 3. The first kappa shape index (κ1) is 9.82. The lowest BCUT2D eigenvalue weighted by atomic mass is 10.1. The zero-order valence-corrected chi connectivity index (χ0v) is 7.84. The van der Waals surface area contributed by atoms with Crippen LogP contribution in [0.5, 0.6) is 0 Å². The zero-order chi connectivity index (χ0) is 11.2. The molecule has 0 amide bonds. The smallest absolute Gasteiger partial charge is 0.382 e. The molecule has 1 aromatic carbocycles. The van der Waals surface area contributed by atoms with Crippen LogP contribution in [0.3, 0.4) is 0 Å². The highest BCUT2D eigenvalue weighted by Crippen LogP contribution is 2.35. The second-order valence-electron chi connectivity index (χ2n) is 3.21. The van der Waals surface area contributed by atoms with E-state index in [9.17, 15) is 13.2 Å². The highest BCUT2D eigenvalue weighted by atomic mass is 19.4. The second kappa shape index (κ2) is 2.88. The van der Waals surface area contributed by atoms with Crippen molar-refractivity contribution in [2.45, 2.75) is 6.18 Å². The van der Waals surface area contributed by atoms with E-state index in [1.54, 1.807) is 0 Å². The fraction of sp³-hybridized carbons (Fsp3) is 0.222. The summed E-state index contributed by atoms with van der Waals surface area (Å²) in [5.41, 5.74) is 4.79. The molecular formula is C9H8F3N3. The van der Waals surface area contributed by atoms with Crippen molar-refractivity contribution >= 4 is 16.7 Å². The molecule has 2 rings (SSSR count). The van der Waals surface area contributed by atoms with E-state index in [1.165, 1.54) is 19.2 Å². The molecule has 1 aromatic heterocycles. The number of rotatable bonds is 0. The largest absolute Gasteiger partial charge is 0.418 e. The average molecular weight is 215 g/mol. The van der Waals surface area contributed by atoms with Gasteiger partial charge in [-0.3, -0.25) is 4.68 Å². The van der Waals surface area contributed by atoms with E-state index < -0.39 is 11.7 Å². The van der Waals surface area contributed by atoms with Gasteiger partial charge in [-0.15, -0.1) is 0 Å². The van der Waals surface area contributed by atoms with E-state index in [0.29, 0.717) is 5.39 Å². The Kier molecular flexibility index (Phi) is 1.89. The molecule has 0 fully saturated rings. The van der Waals surface area contributed by atoms with Gasteiger partial charge in [0.25, 0.3) is 0 Å². The molecule has 15 heavy (non-hydrogen) atoms. The Hall–Kier alpha value is -1.72. The van der Waals surface area contributed by atoms with Crippen molar-refractivity contribution in [1.82, 2.24) is 9.78 Å². The number of hydrogen-bond donors (Lipinski definition) is 1. The van der Waals surface area contributed by atoms with Crippen LogP contribution in [0.4, 0.5) is 19.0 Å². The molecule has 0 spiro atoms. The van der Waals surface area contributed by atoms with Crippen LogP contribution in [-0.2, 0) is 13.2 Å². The number of hydrogen-bond acceptors (Lipinski definition) is 2. The van der Waals surface area contributed by atoms with Crippen molar-refractivity contribution in [2.75, 3.05) is 5.73 Å². The van der Waals surface area contributed by atoms with Crippen molar-refractivity contribution in [1.29, 1.82) is 0 Å². The Morgan fingerprint density at radius 1 is 1.33 bits per heavy atom. The van der Waals surface area contributed by atoms with Gasteiger partial charge in [0.05, 0.1) is 11.1 Å². The molecule has 6 heteroatoms. The first-order valence-electron chi connectivity index (χ1n) is 4.19. The van der Waals surface area contributed by atoms with Crippen molar-refractivity contribution in [2.24, 2.45) is 7.05 Å². The van der Waals surface area contributed by atoms with Crippen molar-refractivity contribution in [3.05, 3.63) is 23.8 Å². The molecule has 0 radical (unpaired) electrons. The molecule has 0 aliphatic rings. The lowest BCUT2D eigenvalue weighted by Crippen LogP contribution is -2.07. The number of nitrogen functional groups attached to an aromatic ring is 1. The summed E-state index contributed by atoms with van der Waals surface area (Å²) in [5, 5.41) is 4.09. The van der Waals surface area contributed by atoms with E-state index in [2.05, 4.69) is 5.10 Å². The summed E-state index contributed by atoms with van der Waals surface area (Å²) in [4.78, 5) is 0. The number of aromatic nitrogens is 2. The van der Waals surface area contributed by atoms with Gasteiger partial charge in [-0.05, 0) is 12.1 Å². The summed E-state index contributed by atoms with van der Waals surface area (Å²) >= 11 is 0. The maximum absolute atomic E-state index is 12.6. The number of para-hydroxylation sites is 1. The fourth-order valence-corrected chi connectivity index (χ4v) is 1.59. The molecule has 0 atom stereocenters. The van der Waals surface area contributed by atoms with Crippen LogP contribution in [0.15, 0.2) is 18.2 Å². The Morgan fingerprint density at radius 2 is 2.00 bits per heavy atom. The molecule has 1 heterocycles. The van der Waals surface area contributed by atoms with Crippen molar-refractivity contribution < 1.29 is 13.2 Å². The van der Waals surface area contributed by atoms with Crippen LogP contribution in [0.2, 0.25) is 0 Å².